The highest BCUT2D eigenvalue weighted by Crippen LogP contribution is 2.52. The van der Waals surface area contributed by atoms with E-state index in [2.05, 4.69) is 31.0 Å². The molecule has 0 bridgehead atoms. The minimum Gasteiger partial charge on any atom is -0.333 e. The predicted octanol–water partition coefficient (Wildman–Crippen LogP) is 6.06. The number of H-pyrrole nitrogens is 1. The molecule has 5 nitrogen and oxygen atoms in total. The van der Waals surface area contributed by atoms with Gasteiger partial charge < -0.3 is 9.88 Å². The first kappa shape index (κ1) is 27.0. The quantitative estimate of drug-likeness (QED) is 0.397. The van der Waals surface area contributed by atoms with E-state index >= 15 is 8.78 Å². The summed E-state index contributed by atoms with van der Waals surface area (Å²) < 4.78 is 69.5. The molecule has 2 heterocycles. The van der Waals surface area contributed by atoms with E-state index in [1.807, 2.05) is 12.1 Å². The topological polar surface area (TPSA) is 66.1 Å². The highest BCUT2D eigenvalue weighted by Gasteiger charge is 2.49. The van der Waals surface area contributed by atoms with Gasteiger partial charge in [-0.1, -0.05) is 50.2 Å². The van der Waals surface area contributed by atoms with Gasteiger partial charge in [0.25, 0.3) is 11.5 Å². The molecule has 0 saturated heterocycles. The van der Waals surface area contributed by atoms with Crippen molar-refractivity contribution in [1.82, 2.24) is 14.9 Å². The molecule has 1 aliphatic heterocycles. The molecule has 1 fully saturated rings. The number of alkyl halides is 5. The molecular weight excluding hydrogens is 517 g/mol. The summed E-state index contributed by atoms with van der Waals surface area (Å²) >= 11 is 0. The van der Waals surface area contributed by atoms with Crippen LogP contribution >= 0.6 is 0 Å². The Hall–Kier alpha value is -3.56. The molecule has 2 aromatic carbocycles. The average molecular weight is 546 g/mol. The number of amides is 1. The third-order valence-electron chi connectivity index (χ3n) is 7.71. The van der Waals surface area contributed by atoms with Crippen LogP contribution in [0.3, 0.4) is 0 Å². The van der Waals surface area contributed by atoms with Crippen molar-refractivity contribution < 1.29 is 26.7 Å². The first-order valence-electron chi connectivity index (χ1n) is 12.9. The van der Waals surface area contributed by atoms with Crippen LogP contribution in [0.15, 0.2) is 53.3 Å². The molecule has 10 heteroatoms. The number of carbonyl (C=O) groups is 1. The number of aromatic nitrogens is 2. The highest BCUT2D eigenvalue weighted by molar-refractivity contribution is 5.85. The van der Waals surface area contributed by atoms with E-state index in [0.717, 1.165) is 35.4 Å². The first-order chi connectivity index (χ1) is 18.3. The Balaban J connectivity index is 1.44. The number of nitrogens with zero attached hydrogens (tertiary/aromatic N) is 2. The zero-order chi connectivity index (χ0) is 28.2. The van der Waals surface area contributed by atoms with Crippen LogP contribution in [0.25, 0.3) is 0 Å². The van der Waals surface area contributed by atoms with Gasteiger partial charge >= 0.3 is 12.1 Å². The van der Waals surface area contributed by atoms with Crippen LogP contribution in [0.4, 0.5) is 22.0 Å². The minimum absolute atomic E-state index is 0.0832. The molecule has 1 N–H and O–H groups in total. The summed E-state index contributed by atoms with van der Waals surface area (Å²) in [5.41, 5.74) is -0.424. The second-order valence-corrected chi connectivity index (χ2v) is 10.7. The van der Waals surface area contributed by atoms with Gasteiger partial charge in [0.1, 0.15) is 5.82 Å². The molecule has 2 aliphatic rings. The number of aromatic amines is 1. The lowest BCUT2D eigenvalue weighted by Crippen LogP contribution is -2.42. The molecule has 0 radical (unpaired) electrons. The molecule has 1 saturated carbocycles. The second kappa shape index (κ2) is 9.57. The van der Waals surface area contributed by atoms with Gasteiger partial charge in [0.2, 0.25) is 0 Å². The van der Waals surface area contributed by atoms with Crippen molar-refractivity contribution in [2.24, 2.45) is 0 Å². The van der Waals surface area contributed by atoms with E-state index in [1.165, 1.54) is 5.56 Å². The number of hydrogen-bond acceptors (Lipinski definition) is 3. The number of hydrogen-bond donors (Lipinski definition) is 1. The summed E-state index contributed by atoms with van der Waals surface area (Å²) in [6, 6.07) is 10.8. The summed E-state index contributed by atoms with van der Waals surface area (Å²) in [5.74, 6) is -4.99. The Labute approximate surface area is 222 Å². The van der Waals surface area contributed by atoms with Crippen LogP contribution in [0, 0.1) is 0 Å². The van der Waals surface area contributed by atoms with E-state index in [4.69, 9.17) is 4.98 Å². The van der Waals surface area contributed by atoms with Gasteiger partial charge in [-0.2, -0.15) is 22.0 Å². The molecule has 3 aromatic rings. The zero-order valence-electron chi connectivity index (χ0n) is 21.5. The summed E-state index contributed by atoms with van der Waals surface area (Å²) in [4.78, 5) is 34.6. The standard InChI is InChI=1S/C29H28F5N3O2/c1-17(2)18-6-3-7-19(14-18)27(11-12-27)25-35-23-10-5-13-37(16-22(23)24(38)36-25)26(39)28(30,31)20-8-4-9-21(15-20)29(32,33)34/h3-4,6-9,14-15,17H,5,10-13,16H2,1-2H3,(H,35,36,38). The van der Waals surface area contributed by atoms with Gasteiger partial charge in [-0.05, 0) is 54.9 Å². The largest absolute Gasteiger partial charge is 0.416 e. The fraction of sp³-hybridized carbons (Fsp3) is 0.414. The Morgan fingerprint density at radius 1 is 1.03 bits per heavy atom. The molecule has 1 amide bonds. The minimum atomic E-state index is -4.83. The number of benzene rings is 2. The van der Waals surface area contributed by atoms with Crippen LogP contribution in [0.5, 0.6) is 0 Å². The van der Waals surface area contributed by atoms with Crippen LogP contribution < -0.4 is 5.56 Å². The number of aryl methyl sites for hydroxylation is 1. The van der Waals surface area contributed by atoms with E-state index in [1.54, 1.807) is 0 Å². The Kier molecular flexibility index (Phi) is 6.63. The maximum absolute atomic E-state index is 15.2. The van der Waals surface area contributed by atoms with Crippen molar-refractivity contribution in [3.8, 4) is 0 Å². The third kappa shape index (κ3) is 4.96. The van der Waals surface area contributed by atoms with E-state index in [-0.39, 0.29) is 24.6 Å². The van der Waals surface area contributed by atoms with Gasteiger partial charge in [-0.25, -0.2) is 4.98 Å². The number of rotatable bonds is 5. The molecule has 39 heavy (non-hydrogen) atoms. The zero-order valence-corrected chi connectivity index (χ0v) is 21.5. The number of carbonyl (C=O) groups excluding carboxylic acids is 1. The molecule has 5 rings (SSSR count). The van der Waals surface area contributed by atoms with Gasteiger partial charge in [-0.15, -0.1) is 0 Å². The van der Waals surface area contributed by atoms with E-state index < -0.39 is 46.7 Å². The van der Waals surface area contributed by atoms with Crippen molar-refractivity contribution in [3.63, 3.8) is 0 Å². The van der Waals surface area contributed by atoms with E-state index in [9.17, 15) is 22.8 Å². The van der Waals surface area contributed by atoms with Gasteiger partial charge in [-0.3, -0.25) is 9.59 Å². The van der Waals surface area contributed by atoms with Crippen LogP contribution in [0.2, 0.25) is 0 Å². The normalized spacial score (nSPS) is 17.1. The number of nitrogens with one attached hydrogen (secondary N) is 1. The van der Waals surface area contributed by atoms with Crippen LogP contribution in [-0.2, 0) is 35.3 Å². The van der Waals surface area contributed by atoms with E-state index in [0.29, 0.717) is 29.9 Å². The maximum atomic E-state index is 15.2. The van der Waals surface area contributed by atoms with Crippen LogP contribution in [-0.4, -0.2) is 27.3 Å². The average Bonchev–Trinajstić information content (AvgIpc) is 3.72. The smallest absolute Gasteiger partial charge is 0.333 e. The highest BCUT2D eigenvalue weighted by atomic mass is 19.4. The maximum Gasteiger partial charge on any atom is 0.416 e. The lowest BCUT2D eigenvalue weighted by molar-refractivity contribution is -0.160. The number of fused-ring (bicyclic) bond motifs is 1. The first-order valence-corrected chi connectivity index (χ1v) is 12.9. The Morgan fingerprint density at radius 3 is 2.38 bits per heavy atom. The fourth-order valence-corrected chi connectivity index (χ4v) is 5.22. The lowest BCUT2D eigenvalue weighted by Gasteiger charge is -2.26. The summed E-state index contributed by atoms with van der Waals surface area (Å²) in [6.45, 7) is 3.72. The summed E-state index contributed by atoms with van der Waals surface area (Å²) in [5, 5.41) is 0. The monoisotopic (exact) mass is 545 g/mol. The van der Waals surface area contributed by atoms with Crippen molar-refractivity contribution in [2.45, 2.75) is 69.5 Å². The number of halogens is 5. The third-order valence-corrected chi connectivity index (χ3v) is 7.71. The molecular formula is C29H28F5N3O2. The predicted molar refractivity (Wildman–Crippen MR) is 134 cm³/mol. The van der Waals surface area contributed by atoms with Gasteiger partial charge in [0.15, 0.2) is 0 Å². The van der Waals surface area contributed by atoms with Crippen LogP contribution in [0.1, 0.15) is 78.4 Å². The van der Waals surface area contributed by atoms with Gasteiger partial charge in [0.05, 0.1) is 28.8 Å². The van der Waals surface area contributed by atoms with Gasteiger partial charge in [0, 0.05) is 12.1 Å². The molecule has 1 aromatic heterocycles. The Bertz CT molecular complexity index is 1470. The Morgan fingerprint density at radius 2 is 1.72 bits per heavy atom. The molecule has 206 valence electrons. The molecule has 0 spiro atoms. The molecule has 1 aliphatic carbocycles. The fourth-order valence-electron chi connectivity index (χ4n) is 5.22. The molecule has 0 atom stereocenters. The van der Waals surface area contributed by atoms with Crippen molar-refractivity contribution in [2.75, 3.05) is 6.54 Å². The summed E-state index contributed by atoms with van der Waals surface area (Å²) in [7, 11) is 0. The SMILES string of the molecule is CC(C)c1cccc(C2(c3nc4c(c(=O)[nH]3)CN(C(=O)C(F)(F)c3cccc(C(F)(F)F)c3)CCC4)CC2)c1. The molecule has 0 unspecified atom stereocenters. The summed E-state index contributed by atoms with van der Waals surface area (Å²) in [6.07, 6.45) is -2.62. The van der Waals surface area contributed by atoms with Crippen molar-refractivity contribution in [1.29, 1.82) is 0 Å². The second-order valence-electron chi connectivity index (χ2n) is 10.7. The van der Waals surface area contributed by atoms with Crippen molar-refractivity contribution >= 4 is 5.91 Å². The lowest BCUT2D eigenvalue weighted by atomic mass is 9.90. The van der Waals surface area contributed by atoms with Crippen molar-refractivity contribution in [3.05, 3.63) is 98.2 Å².